The first-order valence-corrected chi connectivity index (χ1v) is 7.03. The second-order valence-electron chi connectivity index (χ2n) is 5.11. The highest BCUT2D eigenvalue weighted by atomic mass is 16.5. The molecule has 1 amide bonds. The van der Waals surface area contributed by atoms with Crippen molar-refractivity contribution in [3.63, 3.8) is 0 Å². The maximum Gasteiger partial charge on any atom is 0.257 e. The molecule has 2 aromatic rings. The number of nitrogens with zero attached hydrogens (tertiary/aromatic N) is 2. The summed E-state index contributed by atoms with van der Waals surface area (Å²) in [5, 5.41) is 6.71. The molecule has 0 radical (unpaired) electrons. The molecule has 6 heteroatoms. The summed E-state index contributed by atoms with van der Waals surface area (Å²) in [4.78, 5) is 15.4. The lowest BCUT2D eigenvalue weighted by molar-refractivity contribution is -0.114. The fourth-order valence-electron chi connectivity index (χ4n) is 2.36. The Bertz CT molecular complexity index is 615. The Kier molecular flexibility index (Phi) is 3.96. The Hall–Kier alpha value is -2.21. The smallest absolute Gasteiger partial charge is 0.257 e. The maximum absolute atomic E-state index is 11.0. The van der Waals surface area contributed by atoms with Gasteiger partial charge in [0.25, 0.3) is 5.89 Å². The normalized spacial score (nSPS) is 17.9. The molecule has 1 N–H and O–H groups in total. The van der Waals surface area contributed by atoms with Crippen LogP contribution in [0.4, 0.5) is 5.69 Å². The molecular weight excluding hydrogens is 270 g/mol. The van der Waals surface area contributed by atoms with Crippen LogP contribution in [0, 0.1) is 0 Å². The molecule has 0 aliphatic carbocycles. The fourth-order valence-corrected chi connectivity index (χ4v) is 2.36. The average Bonchev–Trinajstić information content (AvgIpc) is 3.11. The van der Waals surface area contributed by atoms with Crippen molar-refractivity contribution in [1.29, 1.82) is 0 Å². The molecule has 0 unspecified atom stereocenters. The van der Waals surface area contributed by atoms with Crippen LogP contribution in [0.25, 0.3) is 11.5 Å². The van der Waals surface area contributed by atoms with Gasteiger partial charge in [0, 0.05) is 31.2 Å². The van der Waals surface area contributed by atoms with E-state index in [0.29, 0.717) is 18.1 Å². The van der Waals surface area contributed by atoms with Crippen LogP contribution in [0.3, 0.4) is 0 Å². The van der Waals surface area contributed by atoms with Crippen LogP contribution >= 0.6 is 0 Å². The molecule has 0 saturated carbocycles. The first kappa shape index (κ1) is 13.8. The third-order valence-electron chi connectivity index (χ3n) is 3.35. The number of anilines is 1. The number of rotatable bonds is 4. The summed E-state index contributed by atoms with van der Waals surface area (Å²) >= 11 is 0. The second kappa shape index (κ2) is 6.05. The lowest BCUT2D eigenvalue weighted by atomic mass is 10.2. The van der Waals surface area contributed by atoms with Gasteiger partial charge in [0.05, 0.1) is 6.10 Å². The van der Waals surface area contributed by atoms with E-state index < -0.39 is 0 Å². The zero-order valence-electron chi connectivity index (χ0n) is 11.8. The molecule has 1 aliphatic heterocycles. The summed E-state index contributed by atoms with van der Waals surface area (Å²) in [6.07, 6.45) is 3.04. The van der Waals surface area contributed by atoms with Crippen molar-refractivity contribution in [2.24, 2.45) is 0 Å². The molecule has 0 bridgehead atoms. The van der Waals surface area contributed by atoms with Crippen molar-refractivity contribution >= 4 is 11.6 Å². The number of benzene rings is 1. The maximum atomic E-state index is 11.0. The number of carbonyl (C=O) groups excluding carboxylic acids is 1. The predicted octanol–water partition coefficient (Wildman–Crippen LogP) is 2.42. The molecule has 1 aliphatic rings. The van der Waals surface area contributed by atoms with E-state index in [1.807, 2.05) is 12.1 Å². The summed E-state index contributed by atoms with van der Waals surface area (Å²) in [6, 6.07) is 7.30. The average molecular weight is 287 g/mol. The Morgan fingerprint density at radius 2 is 2.19 bits per heavy atom. The van der Waals surface area contributed by atoms with Gasteiger partial charge >= 0.3 is 0 Å². The first-order valence-electron chi connectivity index (χ1n) is 7.03. The Morgan fingerprint density at radius 1 is 1.38 bits per heavy atom. The highest BCUT2D eigenvalue weighted by Gasteiger charge is 2.19. The van der Waals surface area contributed by atoms with Crippen LogP contribution in [0.1, 0.15) is 25.6 Å². The molecule has 1 aromatic heterocycles. The van der Waals surface area contributed by atoms with Crippen LogP contribution in [-0.4, -0.2) is 28.8 Å². The minimum atomic E-state index is -0.0978. The number of aromatic nitrogens is 2. The van der Waals surface area contributed by atoms with Gasteiger partial charge in [0.15, 0.2) is 5.82 Å². The molecule has 6 nitrogen and oxygen atoms in total. The van der Waals surface area contributed by atoms with Crippen molar-refractivity contribution in [1.82, 2.24) is 10.1 Å². The van der Waals surface area contributed by atoms with Crippen LogP contribution in [0.5, 0.6) is 0 Å². The summed E-state index contributed by atoms with van der Waals surface area (Å²) in [5.74, 6) is 1.06. The van der Waals surface area contributed by atoms with E-state index in [1.165, 1.54) is 6.92 Å². The Labute approximate surface area is 122 Å². The lowest BCUT2D eigenvalue weighted by Gasteiger charge is -2.04. The number of hydrogen-bond acceptors (Lipinski definition) is 5. The van der Waals surface area contributed by atoms with Gasteiger partial charge in [-0.3, -0.25) is 4.79 Å². The highest BCUT2D eigenvalue weighted by Crippen LogP contribution is 2.21. The van der Waals surface area contributed by atoms with Crippen molar-refractivity contribution in [2.45, 2.75) is 32.3 Å². The molecule has 110 valence electrons. The van der Waals surface area contributed by atoms with Crippen LogP contribution in [-0.2, 0) is 16.0 Å². The van der Waals surface area contributed by atoms with Crippen LogP contribution in [0.2, 0.25) is 0 Å². The van der Waals surface area contributed by atoms with Crippen LogP contribution < -0.4 is 5.32 Å². The van der Waals surface area contributed by atoms with Crippen molar-refractivity contribution in [3.05, 3.63) is 30.1 Å². The van der Waals surface area contributed by atoms with Gasteiger partial charge in [-0.1, -0.05) is 5.16 Å². The van der Waals surface area contributed by atoms with Gasteiger partial charge in [-0.05, 0) is 37.1 Å². The zero-order chi connectivity index (χ0) is 14.7. The van der Waals surface area contributed by atoms with E-state index in [1.54, 1.807) is 12.1 Å². The van der Waals surface area contributed by atoms with E-state index in [9.17, 15) is 4.79 Å². The van der Waals surface area contributed by atoms with E-state index in [-0.39, 0.29) is 12.0 Å². The molecule has 21 heavy (non-hydrogen) atoms. The SMILES string of the molecule is CC(=O)Nc1ccc(-c2nc(C[C@@H]3CCCO3)no2)cc1. The lowest BCUT2D eigenvalue weighted by Crippen LogP contribution is -2.09. The topological polar surface area (TPSA) is 77.2 Å². The van der Waals surface area contributed by atoms with E-state index >= 15 is 0 Å². The summed E-state index contributed by atoms with van der Waals surface area (Å²) in [7, 11) is 0. The van der Waals surface area contributed by atoms with E-state index in [2.05, 4.69) is 15.5 Å². The molecule has 1 atom stereocenters. The molecule has 2 heterocycles. The Balaban J connectivity index is 1.68. The standard InChI is InChI=1S/C15H17N3O3/c1-10(19)16-12-6-4-11(5-7-12)15-17-14(18-21-15)9-13-3-2-8-20-13/h4-7,13H,2-3,8-9H2,1H3,(H,16,19)/t13-/m0/s1. The third-order valence-corrected chi connectivity index (χ3v) is 3.35. The third kappa shape index (κ3) is 3.46. The summed E-state index contributed by atoms with van der Waals surface area (Å²) in [6.45, 7) is 2.29. The van der Waals surface area contributed by atoms with Gasteiger partial charge < -0.3 is 14.6 Å². The van der Waals surface area contributed by atoms with E-state index in [4.69, 9.17) is 9.26 Å². The molecule has 3 rings (SSSR count). The van der Waals surface area contributed by atoms with Crippen LogP contribution in [0.15, 0.2) is 28.8 Å². The minimum absolute atomic E-state index is 0.0978. The monoisotopic (exact) mass is 287 g/mol. The largest absolute Gasteiger partial charge is 0.378 e. The van der Waals surface area contributed by atoms with Gasteiger partial charge in [0.1, 0.15) is 0 Å². The summed E-state index contributed by atoms with van der Waals surface area (Å²) in [5.41, 5.74) is 1.57. The summed E-state index contributed by atoms with van der Waals surface area (Å²) < 4.78 is 10.8. The van der Waals surface area contributed by atoms with Crippen molar-refractivity contribution in [2.75, 3.05) is 11.9 Å². The molecule has 1 saturated heterocycles. The van der Waals surface area contributed by atoms with Crippen molar-refractivity contribution in [3.8, 4) is 11.5 Å². The second-order valence-corrected chi connectivity index (χ2v) is 5.11. The molecule has 1 fully saturated rings. The fraction of sp³-hybridized carbons (Fsp3) is 0.400. The molecule has 1 aromatic carbocycles. The predicted molar refractivity (Wildman–Crippen MR) is 76.7 cm³/mol. The van der Waals surface area contributed by atoms with E-state index in [0.717, 1.165) is 30.7 Å². The number of amides is 1. The Morgan fingerprint density at radius 3 is 2.86 bits per heavy atom. The van der Waals surface area contributed by atoms with Gasteiger partial charge in [-0.15, -0.1) is 0 Å². The van der Waals surface area contributed by atoms with Gasteiger partial charge in [-0.25, -0.2) is 0 Å². The first-order chi connectivity index (χ1) is 10.2. The molecular formula is C15H17N3O3. The number of nitrogens with one attached hydrogen (secondary N) is 1. The number of carbonyl (C=O) groups is 1. The van der Waals surface area contributed by atoms with Gasteiger partial charge in [-0.2, -0.15) is 4.98 Å². The highest BCUT2D eigenvalue weighted by molar-refractivity contribution is 5.88. The quantitative estimate of drug-likeness (QED) is 0.934. The van der Waals surface area contributed by atoms with Gasteiger partial charge in [0.2, 0.25) is 5.91 Å². The zero-order valence-corrected chi connectivity index (χ0v) is 11.8. The molecule has 0 spiro atoms. The number of ether oxygens (including phenoxy) is 1. The number of hydrogen-bond donors (Lipinski definition) is 1. The minimum Gasteiger partial charge on any atom is -0.378 e. The van der Waals surface area contributed by atoms with Crippen molar-refractivity contribution < 1.29 is 14.1 Å².